The van der Waals surface area contributed by atoms with Crippen molar-refractivity contribution < 1.29 is 27.5 Å². The molecule has 2 aromatic carbocycles. The Morgan fingerprint density at radius 3 is 2.48 bits per heavy atom. The Bertz CT molecular complexity index is 1010. The van der Waals surface area contributed by atoms with E-state index in [4.69, 9.17) is 4.74 Å². The lowest BCUT2D eigenvalue weighted by Crippen LogP contribution is -2.20. The van der Waals surface area contributed by atoms with Gasteiger partial charge in [0.2, 0.25) is 5.91 Å². The van der Waals surface area contributed by atoms with Crippen LogP contribution in [0.15, 0.2) is 36.4 Å². The minimum atomic E-state index is -4.67. The molecular weight excluding hydrogens is 383 g/mol. The van der Waals surface area contributed by atoms with Crippen molar-refractivity contribution in [3.8, 4) is 0 Å². The molecule has 4 nitrogen and oxygen atoms in total. The number of rotatable bonds is 4. The van der Waals surface area contributed by atoms with Crippen molar-refractivity contribution in [3.05, 3.63) is 69.8 Å². The maximum Gasteiger partial charge on any atom is 0.416 e. The fourth-order valence-corrected chi connectivity index (χ4v) is 3.61. The second kappa shape index (κ2) is 7.73. The van der Waals surface area contributed by atoms with Gasteiger partial charge in [0, 0.05) is 18.4 Å². The van der Waals surface area contributed by atoms with E-state index in [-0.39, 0.29) is 16.8 Å². The van der Waals surface area contributed by atoms with E-state index in [1.165, 1.54) is 6.92 Å². The van der Waals surface area contributed by atoms with Gasteiger partial charge in [-0.15, -0.1) is 0 Å². The summed E-state index contributed by atoms with van der Waals surface area (Å²) >= 11 is 0. The number of amides is 1. The highest BCUT2D eigenvalue weighted by Gasteiger charge is 2.39. The third kappa shape index (κ3) is 3.90. The fraction of sp³-hybridized carbons (Fsp3) is 0.273. The lowest BCUT2D eigenvalue weighted by molar-refractivity contribution is -0.138. The molecule has 0 bridgehead atoms. The standard InChI is InChI=1S/C22H20F3NO3/c1-4-13-5-7-15-14(11-13)6-8-16(15)19-18(22(23,24)25)10-9-17(21(28)29-3)20(19)26-12(2)27/h5-11,16H,4H2,1-3H3,(H,26,27). The smallest absolute Gasteiger partial charge is 0.416 e. The highest BCUT2D eigenvalue weighted by Crippen LogP contribution is 2.46. The van der Waals surface area contributed by atoms with Crippen LogP contribution in [0.1, 0.15) is 57.9 Å². The molecule has 1 aliphatic carbocycles. The van der Waals surface area contributed by atoms with Gasteiger partial charge in [0.25, 0.3) is 0 Å². The zero-order valence-electron chi connectivity index (χ0n) is 16.2. The van der Waals surface area contributed by atoms with E-state index in [0.717, 1.165) is 36.8 Å². The number of ether oxygens (including phenoxy) is 1. The van der Waals surface area contributed by atoms with Gasteiger partial charge in [-0.3, -0.25) is 4.79 Å². The Labute approximate surface area is 166 Å². The number of esters is 1. The Morgan fingerprint density at radius 2 is 1.90 bits per heavy atom. The van der Waals surface area contributed by atoms with Crippen molar-refractivity contribution >= 4 is 23.6 Å². The van der Waals surface area contributed by atoms with Crippen LogP contribution >= 0.6 is 0 Å². The van der Waals surface area contributed by atoms with Gasteiger partial charge in [-0.2, -0.15) is 13.2 Å². The predicted molar refractivity (Wildman–Crippen MR) is 104 cm³/mol. The summed E-state index contributed by atoms with van der Waals surface area (Å²) in [6.45, 7) is 3.17. The monoisotopic (exact) mass is 403 g/mol. The average molecular weight is 403 g/mol. The van der Waals surface area contributed by atoms with E-state index in [2.05, 4.69) is 5.32 Å². The molecule has 0 spiro atoms. The molecule has 0 aromatic heterocycles. The maximum atomic E-state index is 13.9. The first kappa shape index (κ1) is 20.6. The number of aryl methyl sites for hydroxylation is 1. The van der Waals surface area contributed by atoms with Crippen LogP contribution in [0.3, 0.4) is 0 Å². The molecule has 7 heteroatoms. The van der Waals surface area contributed by atoms with Crippen LogP contribution in [0, 0.1) is 0 Å². The van der Waals surface area contributed by atoms with Crippen molar-refractivity contribution in [3.63, 3.8) is 0 Å². The van der Waals surface area contributed by atoms with Crippen LogP contribution < -0.4 is 5.32 Å². The fourth-order valence-electron chi connectivity index (χ4n) is 3.61. The third-order valence-electron chi connectivity index (χ3n) is 4.93. The lowest BCUT2D eigenvalue weighted by Gasteiger charge is -2.24. The lowest BCUT2D eigenvalue weighted by atomic mass is 9.85. The summed E-state index contributed by atoms with van der Waals surface area (Å²) in [7, 11) is 1.13. The van der Waals surface area contributed by atoms with Crippen LogP contribution in [-0.4, -0.2) is 19.0 Å². The van der Waals surface area contributed by atoms with Crippen molar-refractivity contribution in [2.75, 3.05) is 12.4 Å². The first-order valence-electron chi connectivity index (χ1n) is 9.08. The molecule has 1 N–H and O–H groups in total. The van der Waals surface area contributed by atoms with Crippen LogP contribution in [0.4, 0.5) is 18.9 Å². The van der Waals surface area contributed by atoms with Gasteiger partial charge in [0.05, 0.1) is 23.9 Å². The second-order valence-corrected chi connectivity index (χ2v) is 6.77. The van der Waals surface area contributed by atoms with Crippen LogP contribution in [-0.2, 0) is 22.1 Å². The molecule has 0 saturated carbocycles. The van der Waals surface area contributed by atoms with Crippen molar-refractivity contribution in [2.24, 2.45) is 0 Å². The summed E-state index contributed by atoms with van der Waals surface area (Å²) in [5.74, 6) is -2.18. The number of hydrogen-bond acceptors (Lipinski definition) is 3. The Morgan fingerprint density at radius 1 is 1.17 bits per heavy atom. The van der Waals surface area contributed by atoms with E-state index < -0.39 is 29.5 Å². The van der Waals surface area contributed by atoms with Crippen molar-refractivity contribution in [1.29, 1.82) is 0 Å². The number of anilines is 1. The van der Waals surface area contributed by atoms with Crippen LogP contribution in [0.5, 0.6) is 0 Å². The summed E-state index contributed by atoms with van der Waals surface area (Å²) in [6, 6.07) is 7.49. The SMILES string of the molecule is CCc1ccc2c(c1)C=CC2c1c(C(F)(F)F)ccc(C(=O)OC)c1NC(C)=O. The molecule has 0 saturated heterocycles. The Kier molecular flexibility index (Phi) is 5.50. The zero-order chi connectivity index (χ0) is 21.3. The van der Waals surface area contributed by atoms with E-state index in [9.17, 15) is 22.8 Å². The minimum absolute atomic E-state index is 0.127. The summed E-state index contributed by atoms with van der Waals surface area (Å²) in [5.41, 5.74) is 1.18. The quantitative estimate of drug-likeness (QED) is 0.717. The van der Waals surface area contributed by atoms with Gasteiger partial charge in [0.15, 0.2) is 0 Å². The van der Waals surface area contributed by atoms with Gasteiger partial charge in [0.1, 0.15) is 0 Å². The first-order chi connectivity index (χ1) is 13.7. The second-order valence-electron chi connectivity index (χ2n) is 6.77. The van der Waals surface area contributed by atoms with E-state index >= 15 is 0 Å². The van der Waals surface area contributed by atoms with Gasteiger partial charge >= 0.3 is 12.1 Å². The number of alkyl halides is 3. The third-order valence-corrected chi connectivity index (χ3v) is 4.93. The first-order valence-corrected chi connectivity index (χ1v) is 9.08. The summed E-state index contributed by atoms with van der Waals surface area (Å²) in [5, 5.41) is 2.43. The molecule has 152 valence electrons. The predicted octanol–water partition coefficient (Wildman–Crippen LogP) is 5.17. The van der Waals surface area contributed by atoms with Gasteiger partial charge < -0.3 is 10.1 Å². The van der Waals surface area contributed by atoms with E-state index in [1.807, 2.05) is 19.1 Å². The molecule has 1 unspecified atom stereocenters. The van der Waals surface area contributed by atoms with E-state index in [0.29, 0.717) is 5.56 Å². The minimum Gasteiger partial charge on any atom is -0.465 e. The zero-order valence-corrected chi connectivity index (χ0v) is 16.2. The normalized spacial score (nSPS) is 15.2. The van der Waals surface area contributed by atoms with E-state index in [1.54, 1.807) is 18.2 Å². The number of carbonyl (C=O) groups excluding carboxylic acids is 2. The van der Waals surface area contributed by atoms with Crippen molar-refractivity contribution in [2.45, 2.75) is 32.4 Å². The number of fused-ring (bicyclic) bond motifs is 1. The van der Waals surface area contributed by atoms with Crippen molar-refractivity contribution in [1.82, 2.24) is 0 Å². The van der Waals surface area contributed by atoms with Gasteiger partial charge in [-0.25, -0.2) is 4.79 Å². The Balaban J connectivity index is 2.31. The highest BCUT2D eigenvalue weighted by atomic mass is 19.4. The summed E-state index contributed by atoms with van der Waals surface area (Å²) in [4.78, 5) is 24.0. The number of hydrogen-bond donors (Lipinski definition) is 1. The molecule has 3 rings (SSSR count). The van der Waals surface area contributed by atoms with Gasteiger partial charge in [-0.05, 0) is 35.2 Å². The van der Waals surface area contributed by atoms with Crippen LogP contribution in [0.25, 0.3) is 6.08 Å². The van der Waals surface area contributed by atoms with Gasteiger partial charge in [-0.1, -0.05) is 37.3 Å². The molecule has 1 amide bonds. The number of methoxy groups -OCH3 is 1. The molecule has 0 heterocycles. The topological polar surface area (TPSA) is 55.4 Å². The average Bonchev–Trinajstić information content (AvgIpc) is 3.08. The van der Waals surface area contributed by atoms with Crippen LogP contribution in [0.2, 0.25) is 0 Å². The largest absolute Gasteiger partial charge is 0.465 e. The number of benzene rings is 2. The molecular formula is C22H20F3NO3. The number of allylic oxidation sites excluding steroid dienone is 1. The molecule has 0 aliphatic heterocycles. The summed E-state index contributed by atoms with van der Waals surface area (Å²) in [6.07, 6.45) is -0.450. The molecule has 0 radical (unpaired) electrons. The highest BCUT2D eigenvalue weighted by molar-refractivity contribution is 6.02. The number of nitrogens with one attached hydrogen (secondary N) is 1. The maximum absolute atomic E-state index is 13.9. The molecule has 0 fully saturated rings. The molecule has 1 atom stereocenters. The Hall–Kier alpha value is -3.09. The molecule has 1 aliphatic rings. The number of halogens is 3. The summed E-state index contributed by atoms with van der Waals surface area (Å²) < 4.78 is 46.3. The molecule has 2 aromatic rings. The molecule has 29 heavy (non-hydrogen) atoms. The number of carbonyl (C=O) groups is 2.